The predicted molar refractivity (Wildman–Crippen MR) is 176 cm³/mol. The van der Waals surface area contributed by atoms with Crippen LogP contribution < -0.4 is 30.3 Å². The van der Waals surface area contributed by atoms with Gasteiger partial charge in [0.15, 0.2) is 6.61 Å². The number of hydrogen-bond donors (Lipinski definition) is 3. The molecule has 1 fully saturated rings. The summed E-state index contributed by atoms with van der Waals surface area (Å²) in [4.78, 5) is 50.5. The zero-order valence-corrected chi connectivity index (χ0v) is 26.9. The van der Waals surface area contributed by atoms with Gasteiger partial charge in [-0.3, -0.25) is 24.6 Å². The number of nitrogens with zero attached hydrogens (tertiary/aromatic N) is 1. The van der Waals surface area contributed by atoms with Crippen molar-refractivity contribution in [2.45, 2.75) is 57.9 Å². The highest BCUT2D eigenvalue weighted by molar-refractivity contribution is 8.15. The second kappa shape index (κ2) is 14.4. The van der Waals surface area contributed by atoms with E-state index in [2.05, 4.69) is 16.0 Å². The van der Waals surface area contributed by atoms with Gasteiger partial charge in [-0.2, -0.15) is 0 Å². The zero-order valence-electron chi connectivity index (χ0n) is 26.1. The van der Waals surface area contributed by atoms with Crippen LogP contribution in [0.15, 0.2) is 66.7 Å². The molecule has 0 aromatic heterocycles. The molecule has 238 valence electrons. The van der Waals surface area contributed by atoms with E-state index in [1.54, 1.807) is 70.3 Å². The van der Waals surface area contributed by atoms with Gasteiger partial charge in [-0.1, -0.05) is 30.0 Å². The second-order valence-electron chi connectivity index (χ2n) is 11.7. The average molecular weight is 635 g/mol. The summed E-state index contributed by atoms with van der Waals surface area (Å²) in [6, 6.07) is 19.7. The van der Waals surface area contributed by atoms with E-state index in [0.29, 0.717) is 35.0 Å². The van der Waals surface area contributed by atoms with Gasteiger partial charge in [0.2, 0.25) is 5.91 Å². The molecular formula is C33H38N4O7S. The van der Waals surface area contributed by atoms with Crippen LogP contribution in [0.2, 0.25) is 0 Å². The molecule has 12 heteroatoms. The number of amides is 4. The summed E-state index contributed by atoms with van der Waals surface area (Å²) in [5.41, 5.74) is 1.76. The van der Waals surface area contributed by atoms with Gasteiger partial charge >= 0.3 is 6.09 Å². The van der Waals surface area contributed by atoms with Crippen molar-refractivity contribution in [2.75, 3.05) is 29.2 Å². The monoisotopic (exact) mass is 634 g/mol. The molecule has 1 aliphatic rings. The van der Waals surface area contributed by atoms with Gasteiger partial charge in [0.25, 0.3) is 11.1 Å². The third-order valence-electron chi connectivity index (χ3n) is 6.28. The van der Waals surface area contributed by atoms with Crippen LogP contribution in [0.5, 0.6) is 17.2 Å². The van der Waals surface area contributed by atoms with Gasteiger partial charge in [0.05, 0.1) is 16.6 Å². The molecule has 45 heavy (non-hydrogen) atoms. The van der Waals surface area contributed by atoms with E-state index in [0.717, 1.165) is 23.0 Å². The molecule has 0 bridgehead atoms. The van der Waals surface area contributed by atoms with Crippen molar-refractivity contribution in [1.82, 2.24) is 5.32 Å². The van der Waals surface area contributed by atoms with Crippen molar-refractivity contribution in [1.29, 1.82) is 0 Å². The first-order valence-electron chi connectivity index (χ1n) is 14.4. The Hall–Kier alpha value is -4.71. The van der Waals surface area contributed by atoms with Crippen molar-refractivity contribution in [3.05, 3.63) is 72.3 Å². The molecular weight excluding hydrogens is 596 g/mol. The number of thioether (sulfide) groups is 1. The molecule has 11 nitrogen and oxygen atoms in total. The number of rotatable bonds is 11. The van der Waals surface area contributed by atoms with Crippen LogP contribution in [0.3, 0.4) is 0 Å². The van der Waals surface area contributed by atoms with E-state index in [-0.39, 0.29) is 23.8 Å². The summed E-state index contributed by atoms with van der Waals surface area (Å²) >= 11 is 0.972. The first-order valence-corrected chi connectivity index (χ1v) is 15.3. The first-order chi connectivity index (χ1) is 21.3. The van der Waals surface area contributed by atoms with Crippen molar-refractivity contribution < 1.29 is 33.4 Å². The van der Waals surface area contributed by atoms with Crippen LogP contribution in [0, 0.1) is 0 Å². The molecule has 0 radical (unpaired) electrons. The van der Waals surface area contributed by atoms with E-state index in [1.165, 1.54) is 4.90 Å². The smallest absolute Gasteiger partial charge is 0.414 e. The van der Waals surface area contributed by atoms with Gasteiger partial charge in [-0.05, 0) is 83.0 Å². The minimum atomic E-state index is -0.726. The average Bonchev–Trinajstić information content (AvgIpc) is 3.27. The molecule has 3 aromatic rings. The van der Waals surface area contributed by atoms with E-state index in [9.17, 15) is 19.2 Å². The summed E-state index contributed by atoms with van der Waals surface area (Å²) in [5, 5.41) is 7.62. The fourth-order valence-electron chi connectivity index (χ4n) is 4.30. The molecule has 1 aliphatic heterocycles. The molecule has 1 saturated heterocycles. The van der Waals surface area contributed by atoms with Crippen LogP contribution in [-0.2, 0) is 20.7 Å². The van der Waals surface area contributed by atoms with Gasteiger partial charge in [-0.25, -0.2) is 4.79 Å². The number of nitrogens with one attached hydrogen (secondary N) is 3. The highest BCUT2D eigenvalue weighted by Gasteiger charge is 2.31. The number of carbonyl (C=O) groups excluding carboxylic acids is 4. The van der Waals surface area contributed by atoms with E-state index in [1.807, 2.05) is 38.1 Å². The predicted octanol–water partition coefficient (Wildman–Crippen LogP) is 6.58. The lowest BCUT2D eigenvalue weighted by atomic mass is 10.1. The van der Waals surface area contributed by atoms with Gasteiger partial charge in [0, 0.05) is 30.9 Å². The maximum atomic E-state index is 13.0. The minimum Gasteiger partial charge on any atom is -0.484 e. The molecule has 0 spiro atoms. The quantitative estimate of drug-likeness (QED) is 0.214. The minimum absolute atomic E-state index is 0.249. The molecule has 3 N–H and O–H groups in total. The number of carbonyl (C=O) groups is 4. The Kier molecular flexibility index (Phi) is 10.6. The lowest BCUT2D eigenvalue weighted by Gasteiger charge is -2.26. The summed E-state index contributed by atoms with van der Waals surface area (Å²) in [7, 11) is 1.55. The van der Waals surface area contributed by atoms with Crippen LogP contribution in [0.4, 0.5) is 26.7 Å². The number of benzene rings is 3. The van der Waals surface area contributed by atoms with Crippen molar-refractivity contribution in [3.8, 4) is 17.2 Å². The molecule has 0 aliphatic carbocycles. The Bertz CT molecular complexity index is 1550. The number of hydrogen-bond acceptors (Lipinski definition) is 9. The van der Waals surface area contributed by atoms with Crippen LogP contribution >= 0.6 is 11.8 Å². The fraction of sp³-hybridized carbons (Fsp3) is 0.333. The third-order valence-corrected chi connectivity index (χ3v) is 7.26. The third kappa shape index (κ3) is 9.90. The lowest BCUT2D eigenvalue weighted by Crippen LogP contribution is -2.34. The van der Waals surface area contributed by atoms with Crippen molar-refractivity contribution in [2.24, 2.45) is 0 Å². The topological polar surface area (TPSA) is 135 Å². The van der Waals surface area contributed by atoms with Crippen LogP contribution in [-0.4, -0.2) is 53.7 Å². The normalized spacial score (nSPS) is 14.5. The lowest BCUT2D eigenvalue weighted by molar-refractivity contribution is -0.119. The molecule has 1 heterocycles. The molecule has 3 aromatic carbocycles. The molecule has 0 saturated carbocycles. The fourth-order valence-corrected chi connectivity index (χ4v) is 5.16. The van der Waals surface area contributed by atoms with Crippen molar-refractivity contribution >= 4 is 52.0 Å². The Morgan fingerprint density at radius 1 is 0.978 bits per heavy atom. The largest absolute Gasteiger partial charge is 0.484 e. The van der Waals surface area contributed by atoms with Gasteiger partial charge < -0.3 is 24.8 Å². The second-order valence-corrected chi connectivity index (χ2v) is 12.9. The van der Waals surface area contributed by atoms with Crippen molar-refractivity contribution in [3.63, 3.8) is 0 Å². The highest BCUT2D eigenvalue weighted by Crippen LogP contribution is 2.34. The summed E-state index contributed by atoms with van der Waals surface area (Å²) in [6.07, 6.45) is -0.204. The first kappa shape index (κ1) is 33.2. The Morgan fingerprint density at radius 2 is 1.67 bits per heavy atom. The highest BCUT2D eigenvalue weighted by atomic mass is 32.2. The van der Waals surface area contributed by atoms with E-state index < -0.39 is 22.9 Å². The van der Waals surface area contributed by atoms with Gasteiger partial charge in [0.1, 0.15) is 22.8 Å². The summed E-state index contributed by atoms with van der Waals surface area (Å²) in [6.45, 7) is 9.12. The molecule has 4 rings (SSSR count). The number of ether oxygens (including phenoxy) is 3. The van der Waals surface area contributed by atoms with Gasteiger partial charge in [-0.15, -0.1) is 0 Å². The number of imide groups is 1. The summed E-state index contributed by atoms with van der Waals surface area (Å²) < 4.78 is 17.3. The van der Waals surface area contributed by atoms with Crippen LogP contribution in [0.1, 0.15) is 40.2 Å². The number of anilines is 3. The molecule has 1 unspecified atom stereocenters. The SMILES string of the molecule is CC(C)Nc1cccc(Oc2ccc(NC(=O)COc3ccc(CC4SC(=O)NC4=O)cc3)c(N(C)C(=O)OC(C)(C)C)c2)c1. The van der Waals surface area contributed by atoms with E-state index >= 15 is 0 Å². The van der Waals surface area contributed by atoms with E-state index in [4.69, 9.17) is 14.2 Å². The molecule has 1 atom stereocenters. The Morgan fingerprint density at radius 3 is 2.31 bits per heavy atom. The Balaban J connectivity index is 1.45. The van der Waals surface area contributed by atoms with Crippen LogP contribution in [0.25, 0.3) is 0 Å². The standard InChI is InChI=1S/C33H38N4O7S/c1-20(2)34-22-8-7-9-24(17-22)43-25-14-15-26(27(18-25)37(6)32(41)44-33(3,4)5)35-29(38)19-42-23-12-10-21(11-13-23)16-28-30(39)36-31(40)45-28/h7-15,17-18,20,28,34H,16,19H2,1-6H3,(H,35,38)(H,36,39,40). The Labute approximate surface area is 267 Å². The summed E-state index contributed by atoms with van der Waals surface area (Å²) in [5.74, 6) is 0.760. The zero-order chi connectivity index (χ0) is 32.7. The maximum absolute atomic E-state index is 13.0. The molecule has 4 amide bonds. The maximum Gasteiger partial charge on any atom is 0.414 e.